The first-order chi connectivity index (χ1) is 14.5. The molecule has 3 aromatic carbocycles. The normalized spacial score (nSPS) is 17.5. The predicted octanol–water partition coefficient (Wildman–Crippen LogP) is 3.47. The van der Waals surface area contributed by atoms with E-state index in [0.29, 0.717) is 17.0 Å². The second-order valence-corrected chi connectivity index (χ2v) is 8.66. The van der Waals surface area contributed by atoms with Gasteiger partial charge in [-0.3, -0.25) is 0 Å². The number of hydrogen-bond donors (Lipinski definition) is 2. The Kier molecular flexibility index (Phi) is 5.43. The number of nitrogens with zero attached hydrogens (tertiary/aromatic N) is 1. The van der Waals surface area contributed by atoms with Gasteiger partial charge < -0.3 is 15.2 Å². The highest BCUT2D eigenvalue weighted by Gasteiger charge is 2.39. The molecule has 1 heterocycles. The summed E-state index contributed by atoms with van der Waals surface area (Å²) >= 11 is 0. The fourth-order valence-corrected chi connectivity index (χ4v) is 5.12. The number of carbonyl (C=O) groups is 1. The van der Waals surface area contributed by atoms with Crippen LogP contribution in [-0.4, -0.2) is 30.4 Å². The highest BCUT2D eigenvalue weighted by Crippen LogP contribution is 2.41. The van der Waals surface area contributed by atoms with E-state index >= 15 is 0 Å². The van der Waals surface area contributed by atoms with Gasteiger partial charge in [0.15, 0.2) is 6.61 Å². The van der Waals surface area contributed by atoms with Crippen molar-refractivity contribution in [3.63, 3.8) is 0 Å². The van der Waals surface area contributed by atoms with Crippen LogP contribution in [0.5, 0.6) is 5.75 Å². The van der Waals surface area contributed by atoms with Gasteiger partial charge in [-0.05, 0) is 23.8 Å². The van der Waals surface area contributed by atoms with Crippen LogP contribution in [0.2, 0.25) is 0 Å². The summed E-state index contributed by atoms with van der Waals surface area (Å²) in [5.41, 5.74) is 1.85. The molecule has 0 spiro atoms. The molecule has 7 nitrogen and oxygen atoms in total. The van der Waals surface area contributed by atoms with E-state index in [1.807, 2.05) is 30.3 Å². The van der Waals surface area contributed by atoms with Crippen molar-refractivity contribution in [3.05, 3.63) is 90.0 Å². The molecule has 0 fully saturated rings. The molecule has 0 radical (unpaired) electrons. The second kappa shape index (κ2) is 8.17. The molecule has 0 aliphatic carbocycles. The number of para-hydroxylation sites is 2. The summed E-state index contributed by atoms with van der Waals surface area (Å²) in [7, 11) is -3.83. The van der Waals surface area contributed by atoms with E-state index < -0.39 is 28.8 Å². The second-order valence-electron chi connectivity index (χ2n) is 6.80. The average molecular weight is 424 g/mol. The Morgan fingerprint density at radius 1 is 0.967 bits per heavy atom. The molecule has 0 saturated carbocycles. The van der Waals surface area contributed by atoms with Crippen molar-refractivity contribution in [1.29, 1.82) is 0 Å². The average Bonchev–Trinajstić information content (AvgIpc) is 2.75. The Hall–Kier alpha value is -3.36. The van der Waals surface area contributed by atoms with Crippen LogP contribution in [0, 0.1) is 0 Å². The van der Waals surface area contributed by atoms with Gasteiger partial charge >= 0.3 is 5.97 Å². The summed E-state index contributed by atoms with van der Waals surface area (Å²) in [4.78, 5) is 11.2. The van der Waals surface area contributed by atoms with Gasteiger partial charge in [0.25, 0.3) is 0 Å². The van der Waals surface area contributed by atoms with Gasteiger partial charge in [-0.2, -0.15) is 4.31 Å². The van der Waals surface area contributed by atoms with E-state index in [1.165, 1.54) is 4.31 Å². The lowest BCUT2D eigenvalue weighted by Crippen LogP contribution is -2.42. The van der Waals surface area contributed by atoms with Crippen molar-refractivity contribution in [2.75, 3.05) is 11.9 Å². The Morgan fingerprint density at radius 2 is 1.63 bits per heavy atom. The Bertz CT molecular complexity index is 1160. The lowest BCUT2D eigenvalue weighted by Gasteiger charge is -2.38. The zero-order chi connectivity index (χ0) is 21.1. The lowest BCUT2D eigenvalue weighted by atomic mass is 10.1. The molecule has 1 unspecified atom stereocenters. The molecule has 30 heavy (non-hydrogen) atoms. The number of hydrogen-bond acceptors (Lipinski definition) is 5. The van der Waals surface area contributed by atoms with Gasteiger partial charge in [-0.15, -0.1) is 0 Å². The maximum Gasteiger partial charge on any atom is 0.341 e. The van der Waals surface area contributed by atoms with Crippen LogP contribution < -0.4 is 10.1 Å². The zero-order valence-electron chi connectivity index (χ0n) is 15.9. The summed E-state index contributed by atoms with van der Waals surface area (Å²) in [5, 5.41) is 12.3. The molecule has 8 heteroatoms. The molecule has 0 amide bonds. The van der Waals surface area contributed by atoms with Crippen molar-refractivity contribution < 1.29 is 23.1 Å². The minimum atomic E-state index is -3.83. The number of ether oxygens (including phenoxy) is 1. The number of sulfonamides is 1. The molecule has 3 aromatic rings. The number of carboxylic acid groups (broad SMARTS) is 1. The minimum absolute atomic E-state index is 0.141. The first kappa shape index (κ1) is 19.9. The molecule has 0 saturated heterocycles. The third kappa shape index (κ3) is 3.87. The van der Waals surface area contributed by atoms with Gasteiger partial charge in [0.2, 0.25) is 10.0 Å². The largest absolute Gasteiger partial charge is 0.481 e. The summed E-state index contributed by atoms with van der Waals surface area (Å²) < 4.78 is 33.9. The fraction of sp³-hybridized carbons (Fsp3) is 0.136. The predicted molar refractivity (Wildman–Crippen MR) is 112 cm³/mol. The topological polar surface area (TPSA) is 95.9 Å². The maximum absolute atomic E-state index is 13.5. The van der Waals surface area contributed by atoms with E-state index in [2.05, 4.69) is 5.32 Å². The SMILES string of the molecule is O=C(O)COc1ccccc1C1Nc2ccccc2S(=O)(=O)N1Cc1ccccc1. The first-order valence-corrected chi connectivity index (χ1v) is 10.8. The van der Waals surface area contributed by atoms with Gasteiger partial charge in [0.1, 0.15) is 16.8 Å². The highest BCUT2D eigenvalue weighted by atomic mass is 32.2. The van der Waals surface area contributed by atoms with Crippen LogP contribution >= 0.6 is 0 Å². The number of benzene rings is 3. The number of rotatable bonds is 6. The van der Waals surface area contributed by atoms with Crippen molar-refractivity contribution in [2.45, 2.75) is 17.6 Å². The lowest BCUT2D eigenvalue weighted by molar-refractivity contribution is -0.139. The number of nitrogens with one attached hydrogen (secondary N) is 1. The maximum atomic E-state index is 13.5. The van der Waals surface area contributed by atoms with Crippen molar-refractivity contribution >= 4 is 21.7 Å². The van der Waals surface area contributed by atoms with Crippen LogP contribution in [0.15, 0.2) is 83.8 Å². The highest BCUT2D eigenvalue weighted by molar-refractivity contribution is 7.89. The molecule has 1 aliphatic heterocycles. The standard InChI is InChI=1S/C22H20N2O5S/c25-21(26)15-29-19-12-6-4-10-17(19)22-23-18-11-5-7-13-20(18)30(27,28)24(22)14-16-8-2-1-3-9-16/h1-13,22-23H,14-15H2,(H,25,26). The number of fused-ring (bicyclic) bond motifs is 1. The van der Waals surface area contributed by atoms with Crippen LogP contribution in [0.3, 0.4) is 0 Å². The van der Waals surface area contributed by atoms with E-state index in [-0.39, 0.29) is 11.4 Å². The number of aliphatic carboxylic acids is 1. The Labute approximate surface area is 174 Å². The van der Waals surface area contributed by atoms with Gasteiger partial charge in [-0.25, -0.2) is 13.2 Å². The number of carboxylic acids is 1. The quantitative estimate of drug-likeness (QED) is 0.629. The summed E-state index contributed by atoms with van der Waals surface area (Å²) in [6.45, 7) is -0.381. The molecule has 0 aromatic heterocycles. The molecule has 154 valence electrons. The summed E-state index contributed by atoms with van der Waals surface area (Å²) in [6, 6.07) is 22.9. The Balaban J connectivity index is 1.82. The van der Waals surface area contributed by atoms with Crippen LogP contribution in [0.4, 0.5) is 5.69 Å². The third-order valence-corrected chi connectivity index (χ3v) is 6.67. The monoisotopic (exact) mass is 424 g/mol. The summed E-state index contributed by atoms with van der Waals surface area (Å²) in [6.07, 6.45) is -0.768. The molecular formula is C22H20N2O5S. The molecule has 1 aliphatic rings. The summed E-state index contributed by atoms with van der Waals surface area (Å²) in [5.74, 6) is -0.800. The number of anilines is 1. The van der Waals surface area contributed by atoms with E-state index in [1.54, 1.807) is 48.5 Å². The van der Waals surface area contributed by atoms with Gasteiger partial charge in [0, 0.05) is 12.1 Å². The minimum Gasteiger partial charge on any atom is -0.481 e. The van der Waals surface area contributed by atoms with Crippen LogP contribution in [-0.2, 0) is 21.4 Å². The van der Waals surface area contributed by atoms with Crippen molar-refractivity contribution in [1.82, 2.24) is 4.31 Å². The van der Waals surface area contributed by atoms with Gasteiger partial charge in [-0.1, -0.05) is 60.7 Å². The smallest absolute Gasteiger partial charge is 0.341 e. The third-order valence-electron chi connectivity index (χ3n) is 4.80. The molecule has 0 bridgehead atoms. The van der Waals surface area contributed by atoms with E-state index in [0.717, 1.165) is 5.56 Å². The molecule has 4 rings (SSSR count). The first-order valence-electron chi connectivity index (χ1n) is 9.31. The van der Waals surface area contributed by atoms with Crippen molar-refractivity contribution in [3.8, 4) is 5.75 Å². The van der Waals surface area contributed by atoms with E-state index in [4.69, 9.17) is 9.84 Å². The van der Waals surface area contributed by atoms with Crippen LogP contribution in [0.1, 0.15) is 17.3 Å². The Morgan fingerprint density at radius 3 is 2.40 bits per heavy atom. The fourth-order valence-electron chi connectivity index (χ4n) is 3.45. The zero-order valence-corrected chi connectivity index (χ0v) is 16.7. The molecule has 1 atom stereocenters. The molecular weight excluding hydrogens is 404 g/mol. The van der Waals surface area contributed by atoms with Crippen molar-refractivity contribution in [2.24, 2.45) is 0 Å². The van der Waals surface area contributed by atoms with Gasteiger partial charge in [0.05, 0.1) is 5.69 Å². The molecule has 2 N–H and O–H groups in total. The van der Waals surface area contributed by atoms with E-state index in [9.17, 15) is 13.2 Å². The van der Waals surface area contributed by atoms with Crippen LogP contribution in [0.25, 0.3) is 0 Å².